The van der Waals surface area contributed by atoms with Crippen LogP contribution in [0.3, 0.4) is 0 Å². The van der Waals surface area contributed by atoms with E-state index in [-0.39, 0.29) is 6.10 Å². The molecule has 1 rings (SSSR count). The number of hydrogen-bond donors (Lipinski definition) is 0. The Bertz CT molecular complexity index is 395. The highest BCUT2D eigenvalue weighted by Crippen LogP contribution is 2.04. The molecule has 0 saturated heterocycles. The molecule has 1 unspecified atom stereocenters. The SMILES string of the molecule is C=C(C)COC(C#Cc1ccccc1)CCC. The van der Waals surface area contributed by atoms with E-state index >= 15 is 0 Å². The smallest absolute Gasteiger partial charge is 0.119 e. The fourth-order valence-corrected chi connectivity index (χ4v) is 1.39. The molecule has 0 bridgehead atoms. The Morgan fingerprint density at radius 1 is 1.35 bits per heavy atom. The van der Waals surface area contributed by atoms with Gasteiger partial charge < -0.3 is 4.74 Å². The molecule has 1 aromatic carbocycles. The number of rotatable bonds is 5. The van der Waals surface area contributed by atoms with Crippen LogP contribution in [0.1, 0.15) is 32.3 Å². The van der Waals surface area contributed by atoms with Crippen LogP contribution in [-0.4, -0.2) is 12.7 Å². The molecule has 1 atom stereocenters. The summed E-state index contributed by atoms with van der Waals surface area (Å²) in [5, 5.41) is 0. The monoisotopic (exact) mass is 228 g/mol. The van der Waals surface area contributed by atoms with E-state index in [0.29, 0.717) is 6.61 Å². The lowest BCUT2D eigenvalue weighted by Gasteiger charge is -2.10. The van der Waals surface area contributed by atoms with E-state index in [2.05, 4.69) is 25.3 Å². The summed E-state index contributed by atoms with van der Waals surface area (Å²) in [6.45, 7) is 8.53. The maximum absolute atomic E-state index is 5.69. The van der Waals surface area contributed by atoms with Crippen LogP contribution in [0.2, 0.25) is 0 Å². The van der Waals surface area contributed by atoms with E-state index in [9.17, 15) is 0 Å². The van der Waals surface area contributed by atoms with E-state index in [1.54, 1.807) is 0 Å². The molecule has 0 heterocycles. The lowest BCUT2D eigenvalue weighted by molar-refractivity contribution is 0.104. The summed E-state index contributed by atoms with van der Waals surface area (Å²) in [5.41, 5.74) is 2.07. The molecule has 0 radical (unpaired) electrons. The molecule has 0 N–H and O–H groups in total. The predicted octanol–water partition coefficient (Wildman–Crippen LogP) is 3.80. The minimum atomic E-state index is 0.0110. The van der Waals surface area contributed by atoms with Crippen LogP contribution in [0, 0.1) is 11.8 Å². The van der Waals surface area contributed by atoms with Crippen molar-refractivity contribution >= 4 is 0 Å². The van der Waals surface area contributed by atoms with Crippen molar-refractivity contribution in [2.45, 2.75) is 32.8 Å². The molecule has 1 heteroatoms. The molecule has 1 nitrogen and oxygen atoms in total. The molecule has 0 aromatic heterocycles. The molecule has 0 aliphatic carbocycles. The third kappa shape index (κ3) is 5.94. The van der Waals surface area contributed by atoms with E-state index in [4.69, 9.17) is 4.74 Å². The zero-order valence-corrected chi connectivity index (χ0v) is 10.7. The number of ether oxygens (including phenoxy) is 1. The Balaban J connectivity index is 2.60. The Hall–Kier alpha value is -1.52. The van der Waals surface area contributed by atoms with Gasteiger partial charge in [-0.25, -0.2) is 0 Å². The van der Waals surface area contributed by atoms with Crippen molar-refractivity contribution in [1.29, 1.82) is 0 Å². The van der Waals surface area contributed by atoms with Gasteiger partial charge in [0.2, 0.25) is 0 Å². The second-order valence-electron chi connectivity index (χ2n) is 4.18. The third-order valence-electron chi connectivity index (χ3n) is 2.23. The zero-order chi connectivity index (χ0) is 12.5. The van der Waals surface area contributed by atoms with Crippen LogP contribution in [0.5, 0.6) is 0 Å². The summed E-state index contributed by atoms with van der Waals surface area (Å²) >= 11 is 0. The molecule has 1 aromatic rings. The van der Waals surface area contributed by atoms with Crippen LogP contribution in [0.15, 0.2) is 42.5 Å². The molecule has 0 saturated carbocycles. The lowest BCUT2D eigenvalue weighted by atomic mass is 10.2. The summed E-state index contributed by atoms with van der Waals surface area (Å²) in [5.74, 6) is 6.33. The Kier molecular flexibility index (Phi) is 6.14. The highest BCUT2D eigenvalue weighted by molar-refractivity contribution is 5.34. The minimum absolute atomic E-state index is 0.0110. The van der Waals surface area contributed by atoms with Crippen LogP contribution in [-0.2, 0) is 4.74 Å². The number of hydrogen-bond acceptors (Lipinski definition) is 1. The fraction of sp³-hybridized carbons (Fsp3) is 0.375. The normalized spacial score (nSPS) is 11.4. The van der Waals surface area contributed by atoms with Crippen molar-refractivity contribution in [3.8, 4) is 11.8 Å². The Labute approximate surface area is 105 Å². The first kappa shape index (κ1) is 13.5. The summed E-state index contributed by atoms with van der Waals surface area (Å²) in [4.78, 5) is 0. The van der Waals surface area contributed by atoms with Crippen molar-refractivity contribution in [1.82, 2.24) is 0 Å². The largest absolute Gasteiger partial charge is 0.361 e. The van der Waals surface area contributed by atoms with Crippen molar-refractivity contribution in [2.24, 2.45) is 0 Å². The second kappa shape index (κ2) is 7.70. The summed E-state index contributed by atoms with van der Waals surface area (Å²) < 4.78 is 5.69. The highest BCUT2D eigenvalue weighted by atomic mass is 16.5. The van der Waals surface area contributed by atoms with Gasteiger partial charge in [0.1, 0.15) is 6.10 Å². The van der Waals surface area contributed by atoms with Crippen molar-refractivity contribution < 1.29 is 4.74 Å². The van der Waals surface area contributed by atoms with Gasteiger partial charge in [-0.2, -0.15) is 0 Å². The molecule has 0 aliphatic rings. The predicted molar refractivity (Wildman–Crippen MR) is 72.8 cm³/mol. The standard InChI is InChI=1S/C16H20O/c1-4-8-16(17-13-14(2)3)12-11-15-9-6-5-7-10-15/h5-7,9-10,16H,2,4,8,13H2,1,3H3. The van der Waals surface area contributed by atoms with Crippen LogP contribution in [0.25, 0.3) is 0 Å². The van der Waals surface area contributed by atoms with Crippen molar-refractivity contribution in [3.05, 3.63) is 48.0 Å². The van der Waals surface area contributed by atoms with Gasteiger partial charge in [-0.1, -0.05) is 55.5 Å². The number of benzene rings is 1. The molecule has 0 spiro atoms. The Morgan fingerprint density at radius 3 is 2.65 bits per heavy atom. The topological polar surface area (TPSA) is 9.23 Å². The maximum Gasteiger partial charge on any atom is 0.119 e. The van der Waals surface area contributed by atoms with Gasteiger partial charge in [0.25, 0.3) is 0 Å². The van der Waals surface area contributed by atoms with E-state index in [0.717, 1.165) is 24.0 Å². The zero-order valence-electron chi connectivity index (χ0n) is 10.7. The first-order valence-electron chi connectivity index (χ1n) is 6.05. The first-order valence-corrected chi connectivity index (χ1v) is 6.05. The van der Waals surface area contributed by atoms with Crippen LogP contribution < -0.4 is 0 Å². The molecule has 90 valence electrons. The molecule has 0 amide bonds. The lowest BCUT2D eigenvalue weighted by Crippen LogP contribution is -2.11. The molecular formula is C16H20O. The maximum atomic E-state index is 5.69. The second-order valence-corrected chi connectivity index (χ2v) is 4.18. The van der Waals surface area contributed by atoms with Gasteiger partial charge in [0.15, 0.2) is 0 Å². The average Bonchev–Trinajstić information content (AvgIpc) is 2.34. The Morgan fingerprint density at radius 2 is 2.06 bits per heavy atom. The third-order valence-corrected chi connectivity index (χ3v) is 2.23. The van der Waals surface area contributed by atoms with Gasteiger partial charge in [0.05, 0.1) is 6.61 Å². The summed E-state index contributed by atoms with van der Waals surface area (Å²) in [6.07, 6.45) is 2.05. The van der Waals surface area contributed by atoms with Crippen molar-refractivity contribution in [2.75, 3.05) is 6.61 Å². The highest BCUT2D eigenvalue weighted by Gasteiger charge is 2.03. The van der Waals surface area contributed by atoms with E-state index in [1.807, 2.05) is 37.3 Å². The fourth-order valence-electron chi connectivity index (χ4n) is 1.39. The van der Waals surface area contributed by atoms with Gasteiger partial charge >= 0.3 is 0 Å². The van der Waals surface area contributed by atoms with E-state index in [1.165, 1.54) is 0 Å². The van der Waals surface area contributed by atoms with Gasteiger partial charge in [-0.3, -0.25) is 0 Å². The molecular weight excluding hydrogens is 208 g/mol. The van der Waals surface area contributed by atoms with Crippen LogP contribution >= 0.6 is 0 Å². The van der Waals surface area contributed by atoms with Gasteiger partial charge in [-0.05, 0) is 25.5 Å². The summed E-state index contributed by atoms with van der Waals surface area (Å²) in [7, 11) is 0. The quantitative estimate of drug-likeness (QED) is 0.550. The van der Waals surface area contributed by atoms with Crippen molar-refractivity contribution in [3.63, 3.8) is 0 Å². The molecule has 17 heavy (non-hydrogen) atoms. The average molecular weight is 228 g/mol. The van der Waals surface area contributed by atoms with E-state index < -0.39 is 0 Å². The van der Waals surface area contributed by atoms with Gasteiger partial charge in [0, 0.05) is 5.56 Å². The molecule has 0 aliphatic heterocycles. The summed E-state index contributed by atoms with van der Waals surface area (Å²) in [6, 6.07) is 10.00. The first-order chi connectivity index (χ1) is 8.22. The van der Waals surface area contributed by atoms with Crippen LogP contribution in [0.4, 0.5) is 0 Å². The minimum Gasteiger partial charge on any atom is -0.361 e. The molecule has 0 fully saturated rings. The van der Waals surface area contributed by atoms with Gasteiger partial charge in [-0.15, -0.1) is 0 Å².